The molecule has 0 aliphatic carbocycles. The summed E-state index contributed by atoms with van der Waals surface area (Å²) < 4.78 is 35.1. The Bertz CT molecular complexity index is 1510. The van der Waals surface area contributed by atoms with Crippen molar-refractivity contribution in [2.45, 2.75) is 44.5 Å². The van der Waals surface area contributed by atoms with Gasteiger partial charge in [-0.3, -0.25) is 0 Å². The summed E-state index contributed by atoms with van der Waals surface area (Å²) in [5.74, 6) is 2.28. The van der Waals surface area contributed by atoms with Crippen molar-refractivity contribution in [1.29, 1.82) is 0 Å². The van der Waals surface area contributed by atoms with Gasteiger partial charge in [0.05, 0.1) is 46.2 Å². The predicted molar refractivity (Wildman–Crippen MR) is 176 cm³/mol. The summed E-state index contributed by atoms with van der Waals surface area (Å²) in [7, 11) is 3.32. The average molecular weight is 649 g/mol. The molecule has 1 fully saturated rings. The number of ether oxygens (including phenoxy) is 6. The third-order valence-corrected chi connectivity index (χ3v) is 8.91. The second-order valence-corrected chi connectivity index (χ2v) is 12.2. The largest absolute Gasteiger partial charge is 0.530 e. The van der Waals surface area contributed by atoms with E-state index in [1.807, 2.05) is 66.0 Å². The minimum Gasteiger partial charge on any atom is -0.530 e. The molecule has 2 unspecified atom stereocenters. The molecule has 2 heterocycles. The van der Waals surface area contributed by atoms with E-state index in [-0.39, 0.29) is 25.2 Å². The highest BCUT2D eigenvalue weighted by atomic mass is 32.1. The van der Waals surface area contributed by atoms with Gasteiger partial charge in [0.2, 0.25) is 0 Å². The number of hydrogen-bond donors (Lipinski definition) is 0. The first-order valence-corrected chi connectivity index (χ1v) is 16.6. The molecule has 1 aliphatic heterocycles. The van der Waals surface area contributed by atoms with Gasteiger partial charge in [-0.05, 0) is 59.3 Å². The molecule has 0 radical (unpaired) electrons. The van der Waals surface area contributed by atoms with Gasteiger partial charge >= 0.3 is 0 Å². The summed E-state index contributed by atoms with van der Waals surface area (Å²) in [6, 6.07) is 22.0. The maximum Gasteiger partial charge on any atom is 0.137 e. The molecule has 0 spiro atoms. The van der Waals surface area contributed by atoms with Crippen LogP contribution in [0.1, 0.15) is 41.2 Å². The predicted octanol–water partition coefficient (Wildman–Crippen LogP) is 6.03. The smallest absolute Gasteiger partial charge is 0.137 e. The van der Waals surface area contributed by atoms with Gasteiger partial charge in [-0.2, -0.15) is 0 Å². The number of nitrogens with zero attached hydrogens (tertiary/aromatic N) is 1. The molecule has 4 aromatic rings. The van der Waals surface area contributed by atoms with Crippen molar-refractivity contribution in [3.05, 3.63) is 88.1 Å². The van der Waals surface area contributed by atoms with Crippen LogP contribution in [-0.4, -0.2) is 70.8 Å². The molecule has 9 nitrogen and oxygen atoms in total. The van der Waals surface area contributed by atoms with E-state index in [0.717, 1.165) is 52.0 Å². The standard InChI is InChI=1S/C36H43NO8S/c1-40-16-5-19-44-34-22-26(21-32-31(34)8-3-9-33(32)41-2)24-45-35-23-37(36(38)39)15-14-30(35)27-10-12-28(13-11-27)43-18-6-17-42-25-29-7-4-20-46-29/h3-4,7-13,20-22,30,35H,5-6,14-19,23-25H2,1-2H3,(H,38,39)/p-1. The normalized spacial score (nSPS) is 16.4. The van der Waals surface area contributed by atoms with Crippen molar-refractivity contribution >= 4 is 28.2 Å². The molecule has 0 N–H and O–H groups in total. The molecule has 0 saturated carbocycles. The van der Waals surface area contributed by atoms with E-state index in [4.69, 9.17) is 28.4 Å². The quantitative estimate of drug-likeness (QED) is 0.128. The highest BCUT2D eigenvalue weighted by molar-refractivity contribution is 7.09. The van der Waals surface area contributed by atoms with Gasteiger partial charge in [0.1, 0.15) is 23.3 Å². The number of hydrogen-bond acceptors (Lipinski definition) is 9. The molecule has 5 rings (SSSR count). The fourth-order valence-electron chi connectivity index (χ4n) is 5.71. The lowest BCUT2D eigenvalue weighted by atomic mass is 9.87. The Labute approximate surface area is 274 Å². The lowest BCUT2D eigenvalue weighted by molar-refractivity contribution is -0.268. The van der Waals surface area contributed by atoms with Gasteiger partial charge < -0.3 is 43.2 Å². The van der Waals surface area contributed by atoms with E-state index < -0.39 is 6.09 Å². The lowest BCUT2D eigenvalue weighted by Gasteiger charge is -2.40. The van der Waals surface area contributed by atoms with E-state index in [9.17, 15) is 9.90 Å². The molecule has 246 valence electrons. The summed E-state index contributed by atoms with van der Waals surface area (Å²) in [5, 5.41) is 15.7. The highest BCUT2D eigenvalue weighted by Gasteiger charge is 2.31. The summed E-state index contributed by atoms with van der Waals surface area (Å²) in [6.07, 6.45) is 0.640. The maximum atomic E-state index is 11.8. The van der Waals surface area contributed by atoms with Crippen LogP contribution in [0.4, 0.5) is 4.79 Å². The van der Waals surface area contributed by atoms with Gasteiger partial charge in [0, 0.05) is 61.2 Å². The molecule has 1 aliphatic rings. The zero-order valence-corrected chi connectivity index (χ0v) is 27.3. The SMILES string of the molecule is COCCCOc1cc(COC2CN(C(=O)[O-])CCC2c2ccc(OCCCOCc3cccs3)cc2)cc2c(OC)cccc12. The van der Waals surface area contributed by atoms with Gasteiger partial charge in [0.25, 0.3) is 0 Å². The topological polar surface area (TPSA) is 98.8 Å². The number of methoxy groups -OCH3 is 2. The van der Waals surface area contributed by atoms with Crippen LogP contribution >= 0.6 is 11.3 Å². The second kappa shape index (κ2) is 17.2. The number of amides is 1. The Morgan fingerprint density at radius 3 is 2.48 bits per heavy atom. The van der Waals surface area contributed by atoms with E-state index in [1.165, 1.54) is 9.78 Å². The molecule has 3 aromatic carbocycles. The molecule has 1 aromatic heterocycles. The monoisotopic (exact) mass is 648 g/mol. The first-order chi connectivity index (χ1) is 22.6. The Morgan fingerprint density at radius 2 is 1.72 bits per heavy atom. The molecular formula is C36H42NO8S-. The Balaban J connectivity index is 1.23. The Hall–Kier alpha value is -3.83. The van der Waals surface area contributed by atoms with Gasteiger partial charge in [-0.15, -0.1) is 11.3 Å². The summed E-state index contributed by atoms with van der Waals surface area (Å²) >= 11 is 1.69. The van der Waals surface area contributed by atoms with Crippen LogP contribution in [0.3, 0.4) is 0 Å². The number of likely N-dealkylation sites (tertiary alicyclic amines) is 1. The van der Waals surface area contributed by atoms with Crippen molar-refractivity contribution in [2.75, 3.05) is 53.7 Å². The number of piperidine rings is 1. The van der Waals surface area contributed by atoms with Crippen molar-refractivity contribution < 1.29 is 38.3 Å². The van der Waals surface area contributed by atoms with Crippen LogP contribution in [0.25, 0.3) is 10.8 Å². The van der Waals surface area contributed by atoms with Crippen LogP contribution in [-0.2, 0) is 27.4 Å². The molecule has 1 saturated heterocycles. The zero-order valence-electron chi connectivity index (χ0n) is 26.5. The first kappa shape index (κ1) is 33.5. The minimum absolute atomic E-state index is 0.00931. The average Bonchev–Trinajstić information content (AvgIpc) is 3.61. The Kier molecular flexibility index (Phi) is 12.5. The van der Waals surface area contributed by atoms with Crippen molar-refractivity contribution in [3.8, 4) is 17.2 Å². The fourth-order valence-corrected chi connectivity index (χ4v) is 6.35. The maximum absolute atomic E-state index is 11.8. The van der Waals surface area contributed by atoms with Crippen molar-refractivity contribution in [2.24, 2.45) is 0 Å². The summed E-state index contributed by atoms with van der Waals surface area (Å²) in [6.45, 7) is 3.85. The summed E-state index contributed by atoms with van der Waals surface area (Å²) in [4.78, 5) is 14.3. The molecule has 46 heavy (non-hydrogen) atoms. The number of fused-ring (bicyclic) bond motifs is 1. The number of benzene rings is 3. The van der Waals surface area contributed by atoms with E-state index in [1.54, 1.807) is 25.6 Å². The number of carbonyl (C=O) groups excluding carboxylic acids is 1. The fraction of sp³-hybridized carbons (Fsp3) is 0.417. The summed E-state index contributed by atoms with van der Waals surface area (Å²) in [5.41, 5.74) is 1.99. The number of thiophene rings is 1. The highest BCUT2D eigenvalue weighted by Crippen LogP contribution is 2.36. The van der Waals surface area contributed by atoms with Crippen molar-refractivity contribution in [3.63, 3.8) is 0 Å². The van der Waals surface area contributed by atoms with Gasteiger partial charge in [-0.1, -0.05) is 30.3 Å². The van der Waals surface area contributed by atoms with Gasteiger partial charge in [0.15, 0.2) is 0 Å². The van der Waals surface area contributed by atoms with Crippen LogP contribution in [0.15, 0.2) is 72.1 Å². The van der Waals surface area contributed by atoms with Crippen LogP contribution < -0.4 is 19.3 Å². The zero-order chi connectivity index (χ0) is 32.1. The molecule has 0 bridgehead atoms. The second-order valence-electron chi connectivity index (χ2n) is 11.2. The third kappa shape index (κ3) is 9.13. The third-order valence-electron chi connectivity index (χ3n) is 8.06. The van der Waals surface area contributed by atoms with E-state index in [2.05, 4.69) is 6.07 Å². The van der Waals surface area contributed by atoms with Crippen LogP contribution in [0, 0.1) is 0 Å². The molecule has 1 amide bonds. The first-order valence-electron chi connectivity index (χ1n) is 15.7. The number of carbonyl (C=O) groups is 1. The Morgan fingerprint density at radius 1 is 0.891 bits per heavy atom. The van der Waals surface area contributed by atoms with Crippen LogP contribution in [0.2, 0.25) is 0 Å². The number of rotatable bonds is 17. The van der Waals surface area contributed by atoms with Crippen LogP contribution in [0.5, 0.6) is 17.2 Å². The number of carboxylic acid groups (broad SMARTS) is 1. The molecular weight excluding hydrogens is 606 g/mol. The lowest BCUT2D eigenvalue weighted by Crippen LogP contribution is -2.51. The molecule has 10 heteroatoms. The molecule has 2 atom stereocenters. The van der Waals surface area contributed by atoms with Crippen molar-refractivity contribution in [1.82, 2.24) is 4.90 Å². The van der Waals surface area contributed by atoms with E-state index >= 15 is 0 Å². The van der Waals surface area contributed by atoms with Gasteiger partial charge in [-0.25, -0.2) is 0 Å². The van der Waals surface area contributed by atoms with E-state index in [0.29, 0.717) is 46.0 Å². The minimum atomic E-state index is -1.18.